The number of halogens is 3. The van der Waals surface area contributed by atoms with Crippen LogP contribution < -0.4 is 15.2 Å². The number of carbonyl (C=O) groups excluding carboxylic acids is 2. The molecule has 60 heavy (non-hydrogen) atoms. The minimum atomic E-state index is -4.63. The number of aryl methyl sites for hydroxylation is 2. The summed E-state index contributed by atoms with van der Waals surface area (Å²) in [5, 5.41) is 5.74. The van der Waals surface area contributed by atoms with Crippen molar-refractivity contribution in [2.24, 2.45) is 0 Å². The van der Waals surface area contributed by atoms with Crippen molar-refractivity contribution in [3.8, 4) is 16.9 Å². The van der Waals surface area contributed by atoms with E-state index in [-0.39, 0.29) is 42.0 Å². The van der Waals surface area contributed by atoms with Crippen molar-refractivity contribution in [3.63, 3.8) is 0 Å². The Morgan fingerprint density at radius 2 is 1.62 bits per heavy atom. The Hall–Kier alpha value is -6.55. The molecule has 1 amide bonds. The van der Waals surface area contributed by atoms with Gasteiger partial charge in [0.1, 0.15) is 0 Å². The zero-order chi connectivity index (χ0) is 44.3. The summed E-state index contributed by atoms with van der Waals surface area (Å²) in [5.74, 6) is -0.697. The summed E-state index contributed by atoms with van der Waals surface area (Å²) in [6.07, 6.45) is 5.02. The Morgan fingerprint density at radius 3 is 2.25 bits per heavy atom. The number of carbonyl (C=O) groups is 2. The highest BCUT2D eigenvalue weighted by Crippen LogP contribution is 2.33. The number of amides is 1. The Bertz CT molecular complexity index is 2630. The molecule has 3 heterocycles. The summed E-state index contributed by atoms with van der Waals surface area (Å²) in [7, 11) is -7.58. The number of nitrogens with zero attached hydrogens (tertiary/aromatic N) is 5. The highest BCUT2D eigenvalue weighted by Gasteiger charge is 2.31. The smallest absolute Gasteiger partial charge is 0.416 e. The summed E-state index contributed by atoms with van der Waals surface area (Å²) >= 11 is 0. The number of benzene rings is 3. The van der Waals surface area contributed by atoms with Gasteiger partial charge >= 0.3 is 12.1 Å². The second kappa shape index (κ2) is 19.9. The van der Waals surface area contributed by atoms with Gasteiger partial charge in [-0.2, -0.15) is 26.2 Å². The molecule has 0 spiro atoms. The van der Waals surface area contributed by atoms with E-state index in [4.69, 9.17) is 22.3 Å². The van der Waals surface area contributed by atoms with Crippen molar-refractivity contribution in [3.05, 3.63) is 144 Å². The number of ether oxygens (including phenoxy) is 1. The third-order valence-corrected chi connectivity index (χ3v) is 7.63. The fourth-order valence-corrected chi connectivity index (χ4v) is 5.07. The maximum atomic E-state index is 13.7. The Kier molecular flexibility index (Phi) is 15.3. The number of anilines is 3. The predicted octanol–water partition coefficient (Wildman–Crippen LogP) is 5.66. The van der Waals surface area contributed by atoms with Crippen molar-refractivity contribution < 1.29 is 58.0 Å². The minimum absolute atomic E-state index is 0.0226. The van der Waals surface area contributed by atoms with Crippen molar-refractivity contribution >= 4 is 49.4 Å². The molecule has 0 aliphatic rings. The van der Waals surface area contributed by atoms with Crippen molar-refractivity contribution in [2.75, 3.05) is 23.1 Å². The van der Waals surface area contributed by atoms with Gasteiger partial charge < -0.3 is 24.5 Å². The van der Waals surface area contributed by atoms with E-state index in [9.17, 15) is 31.2 Å². The molecular formula is C39H38F3N7O9S2. The molecule has 16 nitrogen and oxygen atoms in total. The predicted molar refractivity (Wildman–Crippen MR) is 213 cm³/mol. The third kappa shape index (κ3) is 16.0. The van der Waals surface area contributed by atoms with Gasteiger partial charge in [-0.1, -0.05) is 36.4 Å². The molecule has 0 fully saturated rings. The molecule has 3 N–H and O–H groups in total. The zero-order valence-electron chi connectivity index (χ0n) is 32.3. The molecule has 0 bridgehead atoms. The monoisotopic (exact) mass is 869 g/mol. The molecule has 0 unspecified atom stereocenters. The summed E-state index contributed by atoms with van der Waals surface area (Å²) < 4.78 is 103. The van der Waals surface area contributed by atoms with Gasteiger partial charge in [0.25, 0.3) is 22.8 Å². The number of imidazole rings is 1. The van der Waals surface area contributed by atoms with E-state index in [1.165, 1.54) is 17.0 Å². The highest BCUT2D eigenvalue weighted by molar-refractivity contribution is 7.85. The maximum Gasteiger partial charge on any atom is 0.416 e. The minimum Gasteiger partial charge on any atom is -0.748 e. The van der Waals surface area contributed by atoms with Gasteiger partial charge in [0.2, 0.25) is 5.95 Å². The van der Waals surface area contributed by atoms with Gasteiger partial charge in [-0.05, 0) is 67.4 Å². The topological polar surface area (TPSA) is 226 Å². The summed E-state index contributed by atoms with van der Waals surface area (Å²) in [6, 6.07) is 23.0. The first-order valence-corrected chi connectivity index (χ1v) is 20.9. The van der Waals surface area contributed by atoms with E-state index in [0.29, 0.717) is 29.6 Å². The van der Waals surface area contributed by atoms with E-state index in [1.807, 2.05) is 49.4 Å². The largest absolute Gasteiger partial charge is 0.748 e. The van der Waals surface area contributed by atoms with Crippen LogP contribution in [0.15, 0.2) is 116 Å². The van der Waals surface area contributed by atoms with Gasteiger partial charge in [-0.3, -0.25) is 14.1 Å². The highest BCUT2D eigenvalue weighted by atomic mass is 32.2. The average molecular weight is 870 g/mol. The molecule has 0 saturated heterocycles. The molecule has 0 atom stereocenters. The number of esters is 1. The van der Waals surface area contributed by atoms with Crippen LogP contribution in [0.1, 0.15) is 32.7 Å². The zero-order valence-corrected chi connectivity index (χ0v) is 33.9. The molecule has 0 aliphatic heterocycles. The Balaban J connectivity index is 0.000000711. The van der Waals surface area contributed by atoms with Crippen LogP contribution in [0.3, 0.4) is 0 Å². The molecular weight excluding hydrogens is 832 g/mol. The molecule has 0 saturated carbocycles. The molecule has 3 aromatic carbocycles. The number of rotatable bonds is 10. The molecule has 21 heteroatoms. The lowest BCUT2D eigenvalue weighted by Gasteiger charge is -2.14. The van der Waals surface area contributed by atoms with Crippen LogP contribution in [0.25, 0.3) is 16.9 Å². The van der Waals surface area contributed by atoms with Crippen LogP contribution in [0.2, 0.25) is 0 Å². The molecule has 0 radical (unpaired) electrons. The van der Waals surface area contributed by atoms with Crippen LogP contribution in [0.4, 0.5) is 30.5 Å². The van der Waals surface area contributed by atoms with Gasteiger partial charge in [0, 0.05) is 47.3 Å². The number of aromatic nitrogens is 5. The van der Waals surface area contributed by atoms with E-state index in [1.54, 1.807) is 60.5 Å². The van der Waals surface area contributed by atoms with Gasteiger partial charge in [-0.15, -0.1) is 0 Å². The van der Waals surface area contributed by atoms with E-state index < -0.39 is 37.9 Å². The SMILES string of the molecule is CS(=O)(=O)O.CS(=O)(=O)[O-].Cc1cn(-c2cc(NC(=O)c3ccc(C)c(Nc4nccc(-c5ccc[n+](COC(=O)Cc6ccccc6)c5)n4)c3)cc(C(F)(F)F)c2)cn1. The second-order valence-electron chi connectivity index (χ2n) is 12.9. The number of alkyl halides is 3. The van der Waals surface area contributed by atoms with E-state index in [2.05, 4.69) is 25.6 Å². The van der Waals surface area contributed by atoms with Gasteiger partial charge in [0.15, 0.2) is 12.4 Å². The Morgan fingerprint density at radius 1 is 0.933 bits per heavy atom. The molecule has 316 valence electrons. The Labute approximate surface area is 343 Å². The lowest BCUT2D eigenvalue weighted by atomic mass is 10.1. The molecule has 0 aliphatic carbocycles. The fraction of sp³-hybridized carbons (Fsp3) is 0.179. The second-order valence-corrected chi connectivity index (χ2v) is 15.8. The van der Waals surface area contributed by atoms with Crippen molar-refractivity contribution in [1.82, 2.24) is 19.5 Å². The molecule has 6 aromatic rings. The number of hydrogen-bond acceptors (Lipinski definition) is 12. The quantitative estimate of drug-likeness (QED) is 0.0860. The van der Waals surface area contributed by atoms with Crippen LogP contribution in [-0.4, -0.2) is 69.8 Å². The van der Waals surface area contributed by atoms with E-state index >= 15 is 0 Å². The average Bonchev–Trinajstić information content (AvgIpc) is 3.60. The maximum absolute atomic E-state index is 13.7. The molecule has 3 aromatic heterocycles. The van der Waals surface area contributed by atoms with Crippen molar-refractivity contribution in [1.29, 1.82) is 0 Å². The standard InChI is InChI=1S/C37H30F3N7O3.2CH4O3S/c1-24-10-11-27(35(49)43-30-17-29(37(38,39)40)18-31(19-30)47-20-25(2)42-22-47)16-33(24)45-36-41-13-12-32(44-36)28-9-6-14-46(21-28)23-50-34(48)15-26-7-4-3-5-8-26;2*1-5(2,3)4/h3-14,16-22H,15,23H2,1-2H3,(H-,41,43,44,45,49);2*1H3,(H,2,3,4). The number of hydrogen-bond donors (Lipinski definition) is 3. The summed E-state index contributed by atoms with van der Waals surface area (Å²) in [5.41, 5.74) is 3.61. The van der Waals surface area contributed by atoms with Crippen LogP contribution in [-0.2, 0) is 49.1 Å². The van der Waals surface area contributed by atoms with Crippen LogP contribution >= 0.6 is 0 Å². The first-order valence-electron chi connectivity index (χ1n) is 17.3. The van der Waals surface area contributed by atoms with Crippen molar-refractivity contribution in [2.45, 2.75) is 33.2 Å². The van der Waals surface area contributed by atoms with Gasteiger partial charge in [0.05, 0.1) is 51.6 Å². The normalized spacial score (nSPS) is 11.3. The van der Waals surface area contributed by atoms with E-state index in [0.717, 1.165) is 28.8 Å². The van der Waals surface area contributed by atoms with Crippen LogP contribution in [0.5, 0.6) is 0 Å². The lowest BCUT2D eigenvalue weighted by molar-refractivity contribution is -0.727. The lowest BCUT2D eigenvalue weighted by Crippen LogP contribution is -2.35. The summed E-state index contributed by atoms with van der Waals surface area (Å²) in [4.78, 5) is 38.7. The first-order chi connectivity index (χ1) is 28.0. The van der Waals surface area contributed by atoms with Gasteiger partial charge in [-0.25, -0.2) is 23.4 Å². The van der Waals surface area contributed by atoms with Crippen LogP contribution in [0, 0.1) is 13.8 Å². The molecule has 6 rings (SSSR count). The first kappa shape index (κ1) is 46.1. The summed E-state index contributed by atoms with van der Waals surface area (Å²) in [6.45, 7) is 3.58. The third-order valence-electron chi connectivity index (χ3n) is 7.63. The number of nitrogens with one attached hydrogen (secondary N) is 2. The fourth-order valence-electron chi connectivity index (χ4n) is 5.07. The number of pyridine rings is 1.